The van der Waals surface area contributed by atoms with E-state index in [1.165, 1.54) is 6.92 Å². The molecule has 178 valence electrons. The molecule has 0 saturated heterocycles. The van der Waals surface area contributed by atoms with E-state index in [-0.39, 0.29) is 18.9 Å². The molecule has 1 aliphatic heterocycles. The Kier molecular flexibility index (Phi) is 6.85. The molecule has 0 fully saturated rings. The minimum Gasteiger partial charge on any atom is -0.394 e. The molecular weight excluding hydrogens is 447 g/mol. The molecule has 2 unspecified atom stereocenters. The van der Waals surface area contributed by atoms with Crippen LogP contribution in [0.15, 0.2) is 48.7 Å². The third kappa shape index (κ3) is 4.76. The van der Waals surface area contributed by atoms with Crippen LogP contribution in [0.3, 0.4) is 0 Å². The average Bonchev–Trinajstić information content (AvgIpc) is 3.25. The molecule has 34 heavy (non-hydrogen) atoms. The van der Waals surface area contributed by atoms with E-state index >= 15 is 0 Å². The lowest BCUT2D eigenvalue weighted by atomic mass is 10.0. The lowest BCUT2D eigenvalue weighted by Crippen LogP contribution is -2.44. The number of aliphatic hydroxyl groups excluding tert-OH is 2. The van der Waals surface area contributed by atoms with Crippen LogP contribution in [0, 0.1) is 17.5 Å². The van der Waals surface area contributed by atoms with Gasteiger partial charge in [-0.15, -0.1) is 0 Å². The molecule has 1 amide bonds. The molecule has 4 rings (SSSR count). The van der Waals surface area contributed by atoms with Crippen molar-refractivity contribution in [3.63, 3.8) is 0 Å². The number of anilines is 2. The number of aromatic nitrogens is 1. The van der Waals surface area contributed by atoms with E-state index in [4.69, 9.17) is 0 Å². The van der Waals surface area contributed by atoms with Crippen LogP contribution in [0.5, 0.6) is 0 Å². The van der Waals surface area contributed by atoms with Crippen LogP contribution in [0.25, 0.3) is 0 Å². The first kappa shape index (κ1) is 23.7. The molecular formula is C25H24F3N3O3. The van der Waals surface area contributed by atoms with E-state index in [9.17, 15) is 28.2 Å². The summed E-state index contributed by atoms with van der Waals surface area (Å²) in [6, 6.07) is 9.98. The van der Waals surface area contributed by atoms with Crippen LogP contribution < -0.4 is 10.2 Å². The SMILES string of the molecule is CC(O)C(CO)NC(=O)c1cccc2c1CCN2c1cc(Cc2cc(F)c(F)c(F)c2)ccn1. The monoisotopic (exact) mass is 471 g/mol. The highest BCUT2D eigenvalue weighted by atomic mass is 19.2. The van der Waals surface area contributed by atoms with Crippen molar-refractivity contribution in [2.24, 2.45) is 0 Å². The molecule has 0 radical (unpaired) electrons. The van der Waals surface area contributed by atoms with Gasteiger partial charge in [0.05, 0.1) is 18.8 Å². The number of hydrogen-bond acceptors (Lipinski definition) is 5. The summed E-state index contributed by atoms with van der Waals surface area (Å²) in [5.74, 6) is -3.74. The maximum absolute atomic E-state index is 13.6. The van der Waals surface area contributed by atoms with E-state index in [0.717, 1.165) is 28.9 Å². The molecule has 1 aliphatic rings. The predicted molar refractivity (Wildman–Crippen MR) is 121 cm³/mol. The molecule has 2 atom stereocenters. The standard InChI is InChI=1S/C25H24F3N3O3/c1-14(33)21(13-32)30-25(34)18-3-2-4-22-17(18)6-8-31(22)23-12-15(5-7-29-23)9-16-10-19(26)24(28)20(27)11-16/h2-5,7,10-12,14,21,32-33H,6,8-9,13H2,1H3,(H,30,34). The Morgan fingerprint density at radius 2 is 1.88 bits per heavy atom. The number of aliphatic hydroxyl groups is 2. The number of pyridine rings is 1. The van der Waals surface area contributed by atoms with Gasteiger partial charge in [0.15, 0.2) is 17.5 Å². The zero-order valence-electron chi connectivity index (χ0n) is 18.4. The highest BCUT2D eigenvalue weighted by Gasteiger charge is 2.27. The van der Waals surface area contributed by atoms with E-state index in [2.05, 4.69) is 10.3 Å². The number of benzene rings is 2. The number of nitrogens with zero attached hydrogens (tertiary/aromatic N) is 2. The predicted octanol–water partition coefficient (Wildman–Crippen LogP) is 3.26. The van der Waals surface area contributed by atoms with Gasteiger partial charge >= 0.3 is 0 Å². The normalized spacial score (nSPS) is 14.6. The zero-order valence-corrected chi connectivity index (χ0v) is 18.4. The lowest BCUT2D eigenvalue weighted by Gasteiger charge is -2.21. The Hall–Kier alpha value is -3.43. The molecule has 9 heteroatoms. The van der Waals surface area contributed by atoms with Crippen molar-refractivity contribution >= 4 is 17.4 Å². The summed E-state index contributed by atoms with van der Waals surface area (Å²) in [4.78, 5) is 19.2. The minimum atomic E-state index is -1.49. The van der Waals surface area contributed by atoms with E-state index in [1.807, 2.05) is 11.0 Å². The Morgan fingerprint density at radius 3 is 2.56 bits per heavy atom. The largest absolute Gasteiger partial charge is 0.394 e. The number of hydrogen-bond donors (Lipinski definition) is 3. The number of halogens is 3. The van der Waals surface area contributed by atoms with Crippen LogP contribution in [0.2, 0.25) is 0 Å². The van der Waals surface area contributed by atoms with Crippen molar-refractivity contribution in [1.82, 2.24) is 10.3 Å². The van der Waals surface area contributed by atoms with Crippen molar-refractivity contribution in [3.8, 4) is 0 Å². The van der Waals surface area contributed by atoms with Crippen LogP contribution in [-0.2, 0) is 12.8 Å². The second-order valence-corrected chi connectivity index (χ2v) is 8.28. The summed E-state index contributed by atoms with van der Waals surface area (Å²) < 4.78 is 40.4. The van der Waals surface area contributed by atoms with E-state index in [1.54, 1.807) is 30.5 Å². The third-order valence-electron chi connectivity index (χ3n) is 5.91. The van der Waals surface area contributed by atoms with Gasteiger partial charge in [0.2, 0.25) is 0 Å². The van der Waals surface area contributed by atoms with E-state index in [0.29, 0.717) is 29.9 Å². The molecule has 1 aromatic heterocycles. The topological polar surface area (TPSA) is 85.7 Å². The maximum atomic E-state index is 13.6. The van der Waals surface area contributed by atoms with Gasteiger partial charge < -0.3 is 20.4 Å². The summed E-state index contributed by atoms with van der Waals surface area (Å²) in [7, 11) is 0. The van der Waals surface area contributed by atoms with Gasteiger partial charge in [-0.2, -0.15) is 0 Å². The van der Waals surface area contributed by atoms with Crippen molar-refractivity contribution < 1.29 is 28.2 Å². The van der Waals surface area contributed by atoms with Crippen molar-refractivity contribution in [2.45, 2.75) is 31.9 Å². The van der Waals surface area contributed by atoms with Crippen molar-refractivity contribution in [3.05, 3.63) is 88.4 Å². The summed E-state index contributed by atoms with van der Waals surface area (Å²) in [5.41, 5.74) is 3.10. The van der Waals surface area contributed by atoms with Crippen LogP contribution in [0.1, 0.15) is 34.0 Å². The molecule has 0 spiro atoms. The first-order valence-corrected chi connectivity index (χ1v) is 10.9. The molecule has 0 aliphatic carbocycles. The Bertz CT molecular complexity index is 1200. The quantitative estimate of drug-likeness (QED) is 0.461. The molecule has 3 N–H and O–H groups in total. The average molecular weight is 471 g/mol. The fourth-order valence-corrected chi connectivity index (χ4v) is 4.11. The number of carbonyl (C=O) groups excluding carboxylic acids is 1. The summed E-state index contributed by atoms with van der Waals surface area (Å²) in [5, 5.41) is 21.8. The van der Waals surface area contributed by atoms with Gasteiger partial charge in [-0.1, -0.05) is 6.07 Å². The Morgan fingerprint density at radius 1 is 1.15 bits per heavy atom. The first-order chi connectivity index (χ1) is 16.3. The first-order valence-electron chi connectivity index (χ1n) is 10.9. The number of nitrogens with one attached hydrogen (secondary N) is 1. The van der Waals surface area contributed by atoms with Gasteiger partial charge in [-0.25, -0.2) is 18.2 Å². The molecule has 0 bridgehead atoms. The number of carbonyl (C=O) groups is 1. The smallest absolute Gasteiger partial charge is 0.252 e. The summed E-state index contributed by atoms with van der Waals surface area (Å²) >= 11 is 0. The second-order valence-electron chi connectivity index (χ2n) is 8.28. The number of fused-ring (bicyclic) bond motifs is 1. The highest BCUT2D eigenvalue weighted by molar-refractivity contribution is 5.98. The summed E-state index contributed by atoms with van der Waals surface area (Å²) in [6.45, 7) is 1.67. The minimum absolute atomic E-state index is 0.189. The second kappa shape index (κ2) is 9.82. The van der Waals surface area contributed by atoms with Crippen LogP contribution >= 0.6 is 0 Å². The third-order valence-corrected chi connectivity index (χ3v) is 5.91. The molecule has 6 nitrogen and oxygen atoms in total. The Labute approximate surface area is 194 Å². The highest BCUT2D eigenvalue weighted by Crippen LogP contribution is 2.36. The van der Waals surface area contributed by atoms with Crippen molar-refractivity contribution in [1.29, 1.82) is 0 Å². The van der Waals surface area contributed by atoms with Crippen LogP contribution in [-0.4, -0.2) is 46.4 Å². The lowest BCUT2D eigenvalue weighted by molar-refractivity contribution is 0.0757. The molecule has 2 heterocycles. The fraction of sp³-hybridized carbons (Fsp3) is 0.280. The van der Waals surface area contributed by atoms with Crippen LogP contribution in [0.4, 0.5) is 24.7 Å². The number of amides is 1. The molecule has 0 saturated carbocycles. The number of rotatable bonds is 7. The molecule has 3 aromatic rings. The van der Waals surface area contributed by atoms with E-state index < -0.39 is 29.6 Å². The Balaban J connectivity index is 1.58. The van der Waals surface area contributed by atoms with Gasteiger partial charge in [-0.3, -0.25) is 4.79 Å². The van der Waals surface area contributed by atoms with Gasteiger partial charge in [0.1, 0.15) is 5.82 Å². The van der Waals surface area contributed by atoms with Gasteiger partial charge in [0.25, 0.3) is 5.91 Å². The molecule has 2 aromatic carbocycles. The fourth-order valence-electron chi connectivity index (χ4n) is 4.11. The van der Waals surface area contributed by atoms with Gasteiger partial charge in [-0.05, 0) is 72.9 Å². The van der Waals surface area contributed by atoms with Crippen molar-refractivity contribution in [2.75, 3.05) is 18.1 Å². The van der Waals surface area contributed by atoms with Gasteiger partial charge in [0, 0.05) is 24.0 Å². The maximum Gasteiger partial charge on any atom is 0.252 e. The summed E-state index contributed by atoms with van der Waals surface area (Å²) in [6.07, 6.45) is 1.45. The zero-order chi connectivity index (χ0) is 24.4.